The van der Waals surface area contributed by atoms with Gasteiger partial charge in [-0.15, -0.1) is 10.8 Å². The van der Waals surface area contributed by atoms with E-state index < -0.39 is 5.91 Å². The SMILES string of the molecule is CC#Cc1cccc(C(=O)NCl)c1COc1ccn(O)n1. The lowest BCUT2D eigenvalue weighted by Crippen LogP contribution is -2.17. The van der Waals surface area contributed by atoms with Crippen LogP contribution >= 0.6 is 11.8 Å². The molecule has 2 N–H and O–H groups in total. The van der Waals surface area contributed by atoms with Crippen LogP contribution in [0.4, 0.5) is 0 Å². The van der Waals surface area contributed by atoms with Gasteiger partial charge in [0.25, 0.3) is 5.91 Å². The molecule has 0 bridgehead atoms. The van der Waals surface area contributed by atoms with Gasteiger partial charge in [-0.05, 0) is 19.1 Å². The Morgan fingerprint density at radius 2 is 2.33 bits per heavy atom. The molecule has 0 radical (unpaired) electrons. The number of hydrogen-bond acceptors (Lipinski definition) is 4. The summed E-state index contributed by atoms with van der Waals surface area (Å²) < 4.78 is 5.45. The highest BCUT2D eigenvalue weighted by molar-refractivity contribution is 6.24. The van der Waals surface area contributed by atoms with E-state index in [4.69, 9.17) is 21.7 Å². The molecule has 1 aromatic carbocycles. The van der Waals surface area contributed by atoms with Crippen LogP contribution in [-0.4, -0.2) is 21.1 Å². The second-order valence-corrected chi connectivity index (χ2v) is 4.18. The Kier molecular flexibility index (Phi) is 4.69. The Balaban J connectivity index is 2.33. The highest BCUT2D eigenvalue weighted by atomic mass is 35.5. The van der Waals surface area contributed by atoms with Crippen LogP contribution in [0.2, 0.25) is 0 Å². The maximum absolute atomic E-state index is 11.8. The minimum Gasteiger partial charge on any atom is -0.472 e. The van der Waals surface area contributed by atoms with Crippen molar-refractivity contribution in [1.29, 1.82) is 0 Å². The fourth-order valence-corrected chi connectivity index (χ4v) is 1.88. The third-order valence-corrected chi connectivity index (χ3v) is 2.85. The monoisotopic (exact) mass is 305 g/mol. The van der Waals surface area contributed by atoms with Crippen LogP contribution in [0.1, 0.15) is 28.4 Å². The number of carbonyl (C=O) groups excluding carboxylic acids is 1. The third kappa shape index (κ3) is 3.46. The number of rotatable bonds is 4. The summed E-state index contributed by atoms with van der Waals surface area (Å²) in [5.74, 6) is 5.48. The first-order valence-corrected chi connectivity index (χ1v) is 6.37. The van der Waals surface area contributed by atoms with Crippen molar-refractivity contribution in [3.63, 3.8) is 0 Å². The molecule has 0 unspecified atom stereocenters. The van der Waals surface area contributed by atoms with E-state index in [1.54, 1.807) is 25.1 Å². The van der Waals surface area contributed by atoms with Gasteiger partial charge in [0, 0.05) is 34.5 Å². The van der Waals surface area contributed by atoms with Crippen LogP contribution in [-0.2, 0) is 6.61 Å². The number of nitrogens with one attached hydrogen (secondary N) is 1. The van der Waals surface area contributed by atoms with Gasteiger partial charge in [-0.25, -0.2) is 0 Å². The van der Waals surface area contributed by atoms with E-state index in [2.05, 4.69) is 21.8 Å². The fourth-order valence-electron chi connectivity index (χ4n) is 1.78. The lowest BCUT2D eigenvalue weighted by atomic mass is 10.0. The molecule has 2 aromatic rings. The van der Waals surface area contributed by atoms with E-state index in [0.717, 1.165) is 0 Å². The molecule has 0 aliphatic carbocycles. The smallest absolute Gasteiger partial charge is 0.266 e. The number of ether oxygens (including phenoxy) is 1. The number of benzene rings is 1. The van der Waals surface area contributed by atoms with Gasteiger partial charge in [0.15, 0.2) is 0 Å². The Morgan fingerprint density at radius 3 is 2.95 bits per heavy atom. The zero-order valence-corrected chi connectivity index (χ0v) is 11.9. The van der Waals surface area contributed by atoms with Gasteiger partial charge in [-0.2, -0.15) is 0 Å². The number of aromatic nitrogens is 2. The summed E-state index contributed by atoms with van der Waals surface area (Å²) in [4.78, 5) is 14.5. The van der Waals surface area contributed by atoms with Gasteiger partial charge >= 0.3 is 0 Å². The molecule has 0 atom stereocenters. The Hall–Kier alpha value is -2.65. The molecule has 1 amide bonds. The molecule has 6 nitrogen and oxygen atoms in total. The molecule has 2 rings (SSSR count). The van der Waals surface area contributed by atoms with Crippen molar-refractivity contribution < 1.29 is 14.7 Å². The van der Waals surface area contributed by atoms with Crippen molar-refractivity contribution in [1.82, 2.24) is 14.8 Å². The average Bonchev–Trinajstić information content (AvgIpc) is 2.91. The minimum absolute atomic E-state index is 0.0709. The van der Waals surface area contributed by atoms with E-state index in [1.807, 2.05) is 0 Å². The summed E-state index contributed by atoms with van der Waals surface area (Å²) in [6.07, 6.45) is 1.33. The summed E-state index contributed by atoms with van der Waals surface area (Å²) in [6, 6.07) is 6.62. The molecule has 0 aliphatic rings. The Labute approximate surface area is 126 Å². The maximum atomic E-state index is 11.8. The van der Waals surface area contributed by atoms with Crippen molar-refractivity contribution in [3.05, 3.63) is 47.2 Å². The van der Waals surface area contributed by atoms with Gasteiger partial charge in [-0.3, -0.25) is 9.63 Å². The van der Waals surface area contributed by atoms with E-state index in [9.17, 15) is 4.79 Å². The molecule has 0 saturated carbocycles. The molecule has 108 valence electrons. The van der Waals surface area contributed by atoms with E-state index >= 15 is 0 Å². The highest BCUT2D eigenvalue weighted by Gasteiger charge is 2.14. The first-order chi connectivity index (χ1) is 10.2. The Bertz CT molecular complexity index is 716. The molecule has 0 aliphatic heterocycles. The van der Waals surface area contributed by atoms with Crippen LogP contribution in [0, 0.1) is 11.8 Å². The summed E-state index contributed by atoms with van der Waals surface area (Å²) in [7, 11) is 0. The minimum atomic E-state index is -0.442. The lowest BCUT2D eigenvalue weighted by molar-refractivity contribution is 0.0978. The zero-order valence-electron chi connectivity index (χ0n) is 11.1. The summed E-state index contributed by atoms with van der Waals surface area (Å²) in [6.45, 7) is 1.77. The van der Waals surface area contributed by atoms with Crippen LogP contribution in [0.25, 0.3) is 0 Å². The van der Waals surface area contributed by atoms with E-state index in [1.165, 1.54) is 12.3 Å². The van der Waals surface area contributed by atoms with Crippen LogP contribution in [0.15, 0.2) is 30.5 Å². The molecule has 21 heavy (non-hydrogen) atoms. The first kappa shape index (κ1) is 14.8. The van der Waals surface area contributed by atoms with Gasteiger partial charge < -0.3 is 9.94 Å². The standard InChI is InChI=1S/C14H12ClN3O3/c1-2-4-10-5-3-6-11(14(19)16-15)12(10)9-21-13-7-8-18(20)17-13/h3,5-8,20H,9H2,1H3,(H,16,19). The van der Waals surface area contributed by atoms with Crippen molar-refractivity contribution in [2.75, 3.05) is 0 Å². The number of nitrogens with zero attached hydrogens (tertiary/aromatic N) is 2. The highest BCUT2D eigenvalue weighted by Crippen LogP contribution is 2.17. The maximum Gasteiger partial charge on any atom is 0.266 e. The normalized spacial score (nSPS) is 9.62. The molecule has 0 spiro atoms. The zero-order chi connectivity index (χ0) is 15.2. The predicted molar refractivity (Wildman–Crippen MR) is 76.1 cm³/mol. The second kappa shape index (κ2) is 6.68. The van der Waals surface area contributed by atoms with Crippen molar-refractivity contribution >= 4 is 17.7 Å². The van der Waals surface area contributed by atoms with Crippen LogP contribution < -0.4 is 9.57 Å². The van der Waals surface area contributed by atoms with Gasteiger partial charge in [-0.1, -0.05) is 17.1 Å². The molecule has 1 aromatic heterocycles. The lowest BCUT2D eigenvalue weighted by Gasteiger charge is -2.10. The van der Waals surface area contributed by atoms with Gasteiger partial charge in [0.2, 0.25) is 5.88 Å². The largest absolute Gasteiger partial charge is 0.472 e. The number of carbonyl (C=O) groups is 1. The molecular formula is C14H12ClN3O3. The van der Waals surface area contributed by atoms with Crippen molar-refractivity contribution in [3.8, 4) is 17.7 Å². The Morgan fingerprint density at radius 1 is 1.52 bits per heavy atom. The molecule has 0 saturated heterocycles. The topological polar surface area (TPSA) is 76.4 Å². The summed E-state index contributed by atoms with van der Waals surface area (Å²) in [5, 5.41) is 12.8. The molecular weight excluding hydrogens is 294 g/mol. The first-order valence-electron chi connectivity index (χ1n) is 5.99. The molecule has 7 heteroatoms. The van der Waals surface area contributed by atoms with Gasteiger partial charge in [0.05, 0.1) is 6.20 Å². The third-order valence-electron chi connectivity index (χ3n) is 2.68. The second-order valence-electron chi connectivity index (χ2n) is 3.99. The van der Waals surface area contributed by atoms with Crippen molar-refractivity contribution in [2.45, 2.75) is 13.5 Å². The number of hydrogen-bond donors (Lipinski definition) is 2. The molecule has 0 fully saturated rings. The van der Waals surface area contributed by atoms with Crippen molar-refractivity contribution in [2.24, 2.45) is 0 Å². The summed E-state index contributed by atoms with van der Waals surface area (Å²) >= 11 is 5.38. The fraction of sp³-hybridized carbons (Fsp3) is 0.143. The van der Waals surface area contributed by atoms with Crippen LogP contribution in [0.5, 0.6) is 5.88 Å². The summed E-state index contributed by atoms with van der Waals surface area (Å²) in [5.41, 5.74) is 1.63. The predicted octanol–water partition coefficient (Wildman–Crippen LogP) is 1.95. The molecule has 1 heterocycles. The quantitative estimate of drug-likeness (QED) is 0.514. The van der Waals surface area contributed by atoms with Gasteiger partial charge in [0.1, 0.15) is 6.61 Å². The van der Waals surface area contributed by atoms with E-state index in [-0.39, 0.29) is 12.5 Å². The number of amides is 1. The van der Waals surface area contributed by atoms with Crippen LogP contribution in [0.3, 0.4) is 0 Å². The van der Waals surface area contributed by atoms with E-state index in [0.29, 0.717) is 21.5 Å². The number of halogens is 1. The average molecular weight is 306 g/mol.